The van der Waals surface area contributed by atoms with Gasteiger partial charge in [0.15, 0.2) is 11.6 Å². The molecule has 3 heterocycles. The molecule has 0 saturated heterocycles. The lowest BCUT2D eigenvalue weighted by molar-refractivity contribution is 0.0534. The van der Waals surface area contributed by atoms with E-state index in [9.17, 15) is 9.50 Å². The molecule has 3 N–H and O–H groups in total. The molecular formula is C19H19FN4O4. The normalized spacial score (nSPS) is 12.6. The molecule has 4 aromatic rings. The van der Waals surface area contributed by atoms with Crippen molar-refractivity contribution < 1.29 is 24.1 Å². The summed E-state index contributed by atoms with van der Waals surface area (Å²) in [4.78, 5) is 7.22. The maximum Gasteiger partial charge on any atom is 0.247 e. The molecule has 1 aromatic carbocycles. The first-order chi connectivity index (χ1) is 13.5. The van der Waals surface area contributed by atoms with Crippen molar-refractivity contribution in [2.75, 3.05) is 13.2 Å². The lowest BCUT2D eigenvalue weighted by Gasteiger charge is -2.09. The first-order valence-corrected chi connectivity index (χ1v) is 8.68. The predicted octanol–water partition coefficient (Wildman–Crippen LogP) is 2.49. The van der Waals surface area contributed by atoms with E-state index in [-0.39, 0.29) is 18.2 Å². The Hall–Kier alpha value is -3.17. The molecule has 1 unspecified atom stereocenters. The maximum atomic E-state index is 14.9. The minimum Gasteiger partial charge on any atom is -0.489 e. The maximum absolute atomic E-state index is 14.9. The molecule has 1 atom stereocenters. The van der Waals surface area contributed by atoms with Gasteiger partial charge in [0.25, 0.3) is 0 Å². The van der Waals surface area contributed by atoms with Crippen LogP contribution in [0.4, 0.5) is 4.39 Å². The number of aromatic amines is 1. The van der Waals surface area contributed by atoms with Gasteiger partial charge in [-0.05, 0) is 32.0 Å². The van der Waals surface area contributed by atoms with Crippen LogP contribution in [0, 0.1) is 19.7 Å². The number of rotatable bonds is 6. The van der Waals surface area contributed by atoms with Crippen molar-refractivity contribution in [1.29, 1.82) is 0 Å². The molecule has 3 aromatic heterocycles. The summed E-state index contributed by atoms with van der Waals surface area (Å²) >= 11 is 0. The average molecular weight is 386 g/mol. The summed E-state index contributed by atoms with van der Waals surface area (Å²) in [6.07, 6.45) is 1.92. The Morgan fingerprint density at radius 3 is 2.89 bits per heavy atom. The molecule has 0 saturated carbocycles. The summed E-state index contributed by atoms with van der Waals surface area (Å²) < 4.78 is 27.7. The Morgan fingerprint density at radius 1 is 1.29 bits per heavy atom. The number of aromatic nitrogens is 4. The third kappa shape index (κ3) is 3.14. The molecule has 0 aliphatic carbocycles. The van der Waals surface area contributed by atoms with Gasteiger partial charge in [0, 0.05) is 22.2 Å². The summed E-state index contributed by atoms with van der Waals surface area (Å²) in [5.74, 6) is 0.196. The summed E-state index contributed by atoms with van der Waals surface area (Å²) in [6, 6.07) is 5.00. The van der Waals surface area contributed by atoms with Crippen LogP contribution in [-0.4, -0.2) is 49.1 Å². The molecule has 0 fully saturated rings. The number of aryl methyl sites for hydroxylation is 2. The quantitative estimate of drug-likeness (QED) is 0.470. The largest absolute Gasteiger partial charge is 0.489 e. The number of nitrogens with one attached hydrogen (secondary N) is 1. The van der Waals surface area contributed by atoms with Crippen LogP contribution >= 0.6 is 0 Å². The van der Waals surface area contributed by atoms with Gasteiger partial charge in [-0.25, -0.2) is 8.91 Å². The molecule has 0 aliphatic rings. The van der Waals surface area contributed by atoms with E-state index in [0.717, 1.165) is 5.69 Å². The summed E-state index contributed by atoms with van der Waals surface area (Å²) in [7, 11) is 0. The van der Waals surface area contributed by atoms with E-state index in [2.05, 4.69) is 15.1 Å². The van der Waals surface area contributed by atoms with Crippen molar-refractivity contribution in [1.82, 2.24) is 19.6 Å². The number of aliphatic hydroxyl groups is 2. The fourth-order valence-electron chi connectivity index (χ4n) is 3.04. The van der Waals surface area contributed by atoms with Crippen LogP contribution in [0.25, 0.3) is 16.4 Å². The highest BCUT2D eigenvalue weighted by Crippen LogP contribution is 2.34. The van der Waals surface area contributed by atoms with Gasteiger partial charge in [0.1, 0.15) is 30.3 Å². The van der Waals surface area contributed by atoms with Gasteiger partial charge in [0.2, 0.25) is 5.88 Å². The van der Waals surface area contributed by atoms with Gasteiger partial charge in [-0.3, -0.25) is 0 Å². The van der Waals surface area contributed by atoms with Crippen molar-refractivity contribution in [3.63, 3.8) is 0 Å². The third-order valence-corrected chi connectivity index (χ3v) is 4.43. The molecule has 0 amide bonds. The van der Waals surface area contributed by atoms with E-state index in [0.29, 0.717) is 27.7 Å². The lowest BCUT2D eigenvalue weighted by Crippen LogP contribution is -2.21. The fraction of sp³-hybridized carbons (Fsp3) is 0.263. The van der Waals surface area contributed by atoms with Crippen LogP contribution in [0.5, 0.6) is 17.4 Å². The second-order valence-corrected chi connectivity index (χ2v) is 6.52. The smallest absolute Gasteiger partial charge is 0.247 e. The molecular weight excluding hydrogens is 367 g/mol. The van der Waals surface area contributed by atoms with E-state index < -0.39 is 18.5 Å². The predicted molar refractivity (Wildman–Crippen MR) is 99.4 cm³/mol. The molecule has 28 heavy (non-hydrogen) atoms. The summed E-state index contributed by atoms with van der Waals surface area (Å²) in [6.45, 7) is 3.16. The van der Waals surface area contributed by atoms with Gasteiger partial charge in [-0.15, -0.1) is 0 Å². The van der Waals surface area contributed by atoms with E-state index in [1.54, 1.807) is 31.3 Å². The van der Waals surface area contributed by atoms with Crippen LogP contribution in [0.2, 0.25) is 0 Å². The zero-order valence-electron chi connectivity index (χ0n) is 15.3. The Labute approximate surface area is 159 Å². The highest BCUT2D eigenvalue weighted by molar-refractivity contribution is 5.83. The number of H-pyrrole nitrogens is 1. The highest BCUT2D eigenvalue weighted by Gasteiger charge is 2.18. The standard InChI is InChI=1S/C19H19FN4O4/c1-10-5-13-14(23-10)3-4-15(17(13)20)28-19-18-11(2)16(27-8-12(26)7-25)6-24(18)22-9-21-19/h3-6,9,12,23,25-26H,7-8H2,1-2H3. The Morgan fingerprint density at radius 2 is 2.11 bits per heavy atom. The van der Waals surface area contributed by atoms with Crippen molar-refractivity contribution in [2.24, 2.45) is 0 Å². The van der Waals surface area contributed by atoms with Crippen molar-refractivity contribution in [3.8, 4) is 17.4 Å². The van der Waals surface area contributed by atoms with Crippen molar-refractivity contribution in [2.45, 2.75) is 20.0 Å². The van der Waals surface area contributed by atoms with Crippen LogP contribution in [-0.2, 0) is 0 Å². The van der Waals surface area contributed by atoms with E-state index >= 15 is 0 Å². The minimum atomic E-state index is -0.991. The van der Waals surface area contributed by atoms with Gasteiger partial charge in [0.05, 0.1) is 12.8 Å². The number of halogens is 1. The molecule has 146 valence electrons. The number of ether oxygens (including phenoxy) is 2. The van der Waals surface area contributed by atoms with E-state index in [1.807, 2.05) is 6.92 Å². The monoisotopic (exact) mass is 386 g/mol. The van der Waals surface area contributed by atoms with Gasteiger partial charge in [-0.2, -0.15) is 10.1 Å². The SMILES string of the molecule is Cc1cc2c(F)c(Oc3ncnn4cc(OCC(O)CO)c(C)c34)ccc2[nH]1. The highest BCUT2D eigenvalue weighted by atomic mass is 19.1. The Balaban J connectivity index is 1.71. The molecule has 0 radical (unpaired) electrons. The summed E-state index contributed by atoms with van der Waals surface area (Å²) in [5.41, 5.74) is 2.72. The van der Waals surface area contributed by atoms with Crippen LogP contribution in [0.15, 0.2) is 30.7 Å². The van der Waals surface area contributed by atoms with E-state index in [4.69, 9.17) is 14.6 Å². The number of fused-ring (bicyclic) bond motifs is 2. The number of hydrogen-bond acceptors (Lipinski definition) is 6. The second-order valence-electron chi connectivity index (χ2n) is 6.52. The van der Waals surface area contributed by atoms with Gasteiger partial charge < -0.3 is 24.7 Å². The van der Waals surface area contributed by atoms with Crippen LogP contribution in [0.1, 0.15) is 11.3 Å². The Kier molecular flexibility index (Phi) is 4.62. The number of benzene rings is 1. The topological polar surface area (TPSA) is 105 Å². The second kappa shape index (κ2) is 7.10. The van der Waals surface area contributed by atoms with Crippen molar-refractivity contribution in [3.05, 3.63) is 47.8 Å². The van der Waals surface area contributed by atoms with Crippen LogP contribution < -0.4 is 9.47 Å². The third-order valence-electron chi connectivity index (χ3n) is 4.43. The van der Waals surface area contributed by atoms with Gasteiger partial charge in [-0.1, -0.05) is 0 Å². The zero-order chi connectivity index (χ0) is 19.8. The average Bonchev–Trinajstić information content (AvgIpc) is 3.22. The van der Waals surface area contributed by atoms with Gasteiger partial charge >= 0.3 is 0 Å². The first-order valence-electron chi connectivity index (χ1n) is 8.68. The number of hydrogen-bond donors (Lipinski definition) is 3. The summed E-state index contributed by atoms with van der Waals surface area (Å²) in [5, 5.41) is 23.0. The molecule has 8 nitrogen and oxygen atoms in total. The first kappa shape index (κ1) is 18.2. The zero-order valence-corrected chi connectivity index (χ0v) is 15.3. The molecule has 0 bridgehead atoms. The minimum absolute atomic E-state index is 0.0471. The Bertz CT molecular complexity index is 1150. The molecule has 4 rings (SSSR count). The van der Waals surface area contributed by atoms with Crippen LogP contribution in [0.3, 0.4) is 0 Å². The molecule has 9 heteroatoms. The van der Waals surface area contributed by atoms with Crippen molar-refractivity contribution >= 4 is 16.4 Å². The fourth-order valence-corrected chi connectivity index (χ4v) is 3.04. The molecule has 0 aliphatic heterocycles. The van der Waals surface area contributed by atoms with E-state index in [1.165, 1.54) is 10.8 Å². The number of nitrogens with zero attached hydrogens (tertiary/aromatic N) is 3. The molecule has 0 spiro atoms. The lowest BCUT2D eigenvalue weighted by atomic mass is 10.2. The number of aliphatic hydroxyl groups excluding tert-OH is 2.